The third-order valence-corrected chi connectivity index (χ3v) is 2.03. The van der Waals surface area contributed by atoms with E-state index in [4.69, 9.17) is 23.2 Å². The number of rotatable bonds is 3. The Morgan fingerprint density at radius 3 is 2.33 bits per heavy atom. The van der Waals surface area contributed by atoms with E-state index in [0.717, 1.165) is 12.8 Å². The molecule has 1 rings (SSSR count). The van der Waals surface area contributed by atoms with Crippen molar-refractivity contribution in [3.05, 3.63) is 28.0 Å². The first-order valence-electron chi connectivity index (χ1n) is 4.04. The second-order valence-electron chi connectivity index (χ2n) is 2.72. The van der Waals surface area contributed by atoms with Crippen LogP contribution in [0.25, 0.3) is 0 Å². The minimum atomic E-state index is 0.480. The summed E-state index contributed by atoms with van der Waals surface area (Å²) in [6.07, 6.45) is 3.37. The van der Waals surface area contributed by atoms with Crippen LogP contribution in [0.2, 0.25) is 10.3 Å². The molecule has 1 nitrogen and oxygen atoms in total. The zero-order chi connectivity index (χ0) is 8.97. The van der Waals surface area contributed by atoms with E-state index in [1.807, 2.05) is 12.1 Å². The molecule has 1 aromatic rings. The fourth-order valence-electron chi connectivity index (χ4n) is 1.04. The molecule has 0 aliphatic heterocycles. The van der Waals surface area contributed by atoms with Crippen molar-refractivity contribution in [3.63, 3.8) is 0 Å². The molecule has 0 unspecified atom stereocenters. The molecule has 0 saturated heterocycles. The van der Waals surface area contributed by atoms with Crippen LogP contribution in [0.1, 0.15) is 25.3 Å². The van der Waals surface area contributed by atoms with Gasteiger partial charge in [0.15, 0.2) is 0 Å². The molecule has 0 atom stereocenters. The average molecular weight is 204 g/mol. The number of aromatic nitrogens is 1. The molecule has 0 saturated carbocycles. The smallest absolute Gasteiger partial charge is 0.131 e. The van der Waals surface area contributed by atoms with Crippen LogP contribution in [0, 0.1) is 0 Å². The molecular formula is C9H11Cl2N. The molecule has 0 fully saturated rings. The second kappa shape index (κ2) is 4.68. The van der Waals surface area contributed by atoms with Crippen LogP contribution in [-0.2, 0) is 6.42 Å². The number of hydrogen-bond donors (Lipinski definition) is 0. The van der Waals surface area contributed by atoms with Crippen molar-refractivity contribution < 1.29 is 0 Å². The van der Waals surface area contributed by atoms with Gasteiger partial charge in [-0.15, -0.1) is 0 Å². The van der Waals surface area contributed by atoms with Crippen molar-refractivity contribution in [2.24, 2.45) is 0 Å². The van der Waals surface area contributed by atoms with Gasteiger partial charge in [0.2, 0.25) is 0 Å². The first-order chi connectivity index (χ1) is 5.72. The fraction of sp³-hybridized carbons (Fsp3) is 0.444. The van der Waals surface area contributed by atoms with Gasteiger partial charge >= 0.3 is 0 Å². The highest BCUT2D eigenvalue weighted by atomic mass is 35.5. The number of halogens is 2. The lowest BCUT2D eigenvalue weighted by Crippen LogP contribution is -1.86. The Morgan fingerprint density at radius 2 is 1.83 bits per heavy atom. The minimum Gasteiger partial charge on any atom is -0.224 e. The predicted octanol–water partition coefficient (Wildman–Crippen LogP) is 3.73. The molecule has 66 valence electrons. The standard InChI is InChI=1S/C9H11Cl2N/c1-2-3-4-7-5-8(10)12-9(11)6-7/h5-6H,2-4H2,1H3. The summed E-state index contributed by atoms with van der Waals surface area (Å²) in [7, 11) is 0. The molecule has 0 aromatic carbocycles. The molecule has 0 bridgehead atoms. The van der Waals surface area contributed by atoms with E-state index in [-0.39, 0.29) is 0 Å². The Labute approximate surface area is 82.7 Å². The molecule has 0 aliphatic rings. The number of aryl methyl sites for hydroxylation is 1. The van der Waals surface area contributed by atoms with Crippen molar-refractivity contribution in [1.82, 2.24) is 4.98 Å². The van der Waals surface area contributed by atoms with Crippen molar-refractivity contribution in [2.45, 2.75) is 26.2 Å². The summed E-state index contributed by atoms with van der Waals surface area (Å²) in [5.41, 5.74) is 1.17. The van der Waals surface area contributed by atoms with E-state index in [1.165, 1.54) is 12.0 Å². The maximum atomic E-state index is 5.73. The minimum absolute atomic E-state index is 0.480. The van der Waals surface area contributed by atoms with Gasteiger partial charge in [0.25, 0.3) is 0 Å². The molecule has 1 heterocycles. The van der Waals surface area contributed by atoms with E-state index in [0.29, 0.717) is 10.3 Å². The lowest BCUT2D eigenvalue weighted by atomic mass is 10.1. The van der Waals surface area contributed by atoms with Crippen molar-refractivity contribution >= 4 is 23.2 Å². The molecule has 0 amide bonds. The van der Waals surface area contributed by atoms with Gasteiger partial charge in [0.05, 0.1) is 0 Å². The maximum Gasteiger partial charge on any atom is 0.131 e. The molecule has 0 spiro atoms. The van der Waals surface area contributed by atoms with Crippen LogP contribution in [0.5, 0.6) is 0 Å². The molecule has 1 aromatic heterocycles. The predicted molar refractivity (Wildman–Crippen MR) is 52.9 cm³/mol. The summed E-state index contributed by atoms with van der Waals surface area (Å²) < 4.78 is 0. The Hall–Kier alpha value is -0.270. The van der Waals surface area contributed by atoms with E-state index < -0.39 is 0 Å². The summed E-state index contributed by atoms with van der Waals surface area (Å²) >= 11 is 11.5. The van der Waals surface area contributed by atoms with Gasteiger partial charge in [-0.3, -0.25) is 0 Å². The zero-order valence-corrected chi connectivity index (χ0v) is 8.49. The highest BCUT2D eigenvalue weighted by Crippen LogP contribution is 2.16. The van der Waals surface area contributed by atoms with Crippen LogP contribution in [0.3, 0.4) is 0 Å². The Bertz CT molecular complexity index is 240. The number of hydrogen-bond acceptors (Lipinski definition) is 1. The molecule has 0 radical (unpaired) electrons. The summed E-state index contributed by atoms with van der Waals surface area (Å²) in [4.78, 5) is 3.87. The topological polar surface area (TPSA) is 12.9 Å². The molecule has 0 N–H and O–H groups in total. The normalized spacial score (nSPS) is 10.2. The van der Waals surface area contributed by atoms with E-state index in [1.54, 1.807) is 0 Å². The van der Waals surface area contributed by atoms with Crippen LogP contribution in [-0.4, -0.2) is 4.98 Å². The largest absolute Gasteiger partial charge is 0.224 e. The number of pyridine rings is 1. The third kappa shape index (κ3) is 3.00. The van der Waals surface area contributed by atoms with Gasteiger partial charge in [0, 0.05) is 0 Å². The van der Waals surface area contributed by atoms with Crippen LogP contribution < -0.4 is 0 Å². The quantitative estimate of drug-likeness (QED) is 0.683. The number of nitrogens with zero attached hydrogens (tertiary/aromatic N) is 1. The number of unbranched alkanes of at least 4 members (excludes halogenated alkanes) is 1. The van der Waals surface area contributed by atoms with Crippen LogP contribution in [0.4, 0.5) is 0 Å². The molecule has 0 aliphatic carbocycles. The summed E-state index contributed by atoms with van der Waals surface area (Å²) in [5, 5.41) is 0.960. The van der Waals surface area contributed by atoms with Gasteiger partial charge in [0.1, 0.15) is 10.3 Å². The van der Waals surface area contributed by atoms with Crippen molar-refractivity contribution in [2.75, 3.05) is 0 Å². The summed E-state index contributed by atoms with van der Waals surface area (Å²) in [6, 6.07) is 3.73. The Balaban J connectivity index is 2.72. The lowest BCUT2D eigenvalue weighted by molar-refractivity contribution is 0.794. The molecule has 3 heteroatoms. The highest BCUT2D eigenvalue weighted by Gasteiger charge is 1.98. The van der Waals surface area contributed by atoms with Gasteiger partial charge in [-0.05, 0) is 30.5 Å². The van der Waals surface area contributed by atoms with Gasteiger partial charge in [-0.2, -0.15) is 0 Å². The highest BCUT2D eigenvalue weighted by molar-refractivity contribution is 6.32. The van der Waals surface area contributed by atoms with Crippen molar-refractivity contribution in [1.29, 1.82) is 0 Å². The summed E-state index contributed by atoms with van der Waals surface area (Å²) in [5.74, 6) is 0. The first kappa shape index (κ1) is 9.82. The SMILES string of the molecule is CCCCc1cc(Cl)nc(Cl)c1. The van der Waals surface area contributed by atoms with Gasteiger partial charge in [-0.1, -0.05) is 36.5 Å². The van der Waals surface area contributed by atoms with Crippen LogP contribution in [0.15, 0.2) is 12.1 Å². The average Bonchev–Trinajstić information content (AvgIpc) is 1.99. The summed E-state index contributed by atoms with van der Waals surface area (Å²) in [6.45, 7) is 2.16. The maximum absolute atomic E-state index is 5.73. The Morgan fingerprint density at radius 1 is 1.25 bits per heavy atom. The van der Waals surface area contributed by atoms with E-state index in [9.17, 15) is 0 Å². The van der Waals surface area contributed by atoms with E-state index in [2.05, 4.69) is 11.9 Å². The third-order valence-electron chi connectivity index (χ3n) is 1.64. The van der Waals surface area contributed by atoms with Gasteiger partial charge in [-0.25, -0.2) is 4.98 Å². The molecule has 12 heavy (non-hydrogen) atoms. The van der Waals surface area contributed by atoms with Gasteiger partial charge < -0.3 is 0 Å². The van der Waals surface area contributed by atoms with E-state index >= 15 is 0 Å². The van der Waals surface area contributed by atoms with Crippen molar-refractivity contribution in [3.8, 4) is 0 Å². The van der Waals surface area contributed by atoms with Crippen LogP contribution >= 0.6 is 23.2 Å². The zero-order valence-electron chi connectivity index (χ0n) is 6.98. The molecular weight excluding hydrogens is 193 g/mol. The lowest BCUT2D eigenvalue weighted by Gasteiger charge is -2.00. The first-order valence-corrected chi connectivity index (χ1v) is 4.80. The second-order valence-corrected chi connectivity index (χ2v) is 3.50. The monoisotopic (exact) mass is 203 g/mol. The fourth-order valence-corrected chi connectivity index (χ4v) is 1.55. The Kier molecular flexibility index (Phi) is 3.83.